The molecule has 3 aromatic rings. The molecule has 0 atom stereocenters. The quantitative estimate of drug-likeness (QED) is 0.436. The lowest BCUT2D eigenvalue weighted by Gasteiger charge is -2.38. The third-order valence-corrected chi connectivity index (χ3v) is 8.22. The molecule has 4 heterocycles. The molecule has 0 bridgehead atoms. The molecule has 3 aliphatic rings. The number of aryl methyl sites for hydroxylation is 1. The van der Waals surface area contributed by atoms with Gasteiger partial charge in [-0.15, -0.1) is 0 Å². The van der Waals surface area contributed by atoms with Crippen LogP contribution in [-0.2, 0) is 17.8 Å². The summed E-state index contributed by atoms with van der Waals surface area (Å²) in [5, 5.41) is 18.8. The average molecular weight is 600 g/mol. The summed E-state index contributed by atoms with van der Waals surface area (Å²) in [5.41, 5.74) is 4.66. The van der Waals surface area contributed by atoms with Gasteiger partial charge in [-0.05, 0) is 63.3 Å². The number of carbonyl (C=O) groups is 1. The average Bonchev–Trinajstić information content (AvgIpc) is 3.54. The summed E-state index contributed by atoms with van der Waals surface area (Å²) >= 11 is 0. The predicted molar refractivity (Wildman–Crippen MR) is 175 cm³/mol. The highest BCUT2D eigenvalue weighted by atomic mass is 16.5. The Balaban J connectivity index is 0.000000427. The van der Waals surface area contributed by atoms with E-state index < -0.39 is 0 Å². The number of aliphatic hydroxyl groups excluding tert-OH is 1. The minimum atomic E-state index is -0.131. The first-order valence-electron chi connectivity index (χ1n) is 15.4. The number of nitriles is 1. The zero-order chi connectivity index (χ0) is 31.5. The normalized spacial score (nSPS) is 16.5. The van der Waals surface area contributed by atoms with Gasteiger partial charge in [0, 0.05) is 62.4 Å². The van der Waals surface area contributed by atoms with Gasteiger partial charge in [-0.1, -0.05) is 36.4 Å². The first kappa shape index (κ1) is 32.7. The molecular formula is C34H45N7O3. The smallest absolute Gasteiger partial charge is 0.318 e. The van der Waals surface area contributed by atoms with Crippen LogP contribution < -0.4 is 14.5 Å². The van der Waals surface area contributed by atoms with Gasteiger partial charge in [0.25, 0.3) is 0 Å². The van der Waals surface area contributed by atoms with Crippen molar-refractivity contribution in [3.05, 3.63) is 65.4 Å². The minimum Gasteiger partial charge on any atom is -0.467 e. The number of rotatable bonds is 5. The van der Waals surface area contributed by atoms with Gasteiger partial charge < -0.3 is 29.4 Å². The highest BCUT2D eigenvalue weighted by Crippen LogP contribution is 2.35. The van der Waals surface area contributed by atoms with E-state index in [0.29, 0.717) is 38.7 Å². The molecule has 0 saturated carbocycles. The Labute approximate surface area is 261 Å². The summed E-state index contributed by atoms with van der Waals surface area (Å²) in [4.78, 5) is 30.6. The zero-order valence-corrected chi connectivity index (χ0v) is 26.5. The second-order valence-electron chi connectivity index (χ2n) is 11.2. The van der Waals surface area contributed by atoms with Crippen molar-refractivity contribution in [3.8, 4) is 12.1 Å². The molecule has 1 amide bonds. The molecule has 2 aromatic carbocycles. The lowest BCUT2D eigenvalue weighted by molar-refractivity contribution is -0.126. The number of hydrogen-bond acceptors (Lipinski definition) is 9. The Kier molecular flexibility index (Phi) is 11.9. The zero-order valence-electron chi connectivity index (χ0n) is 26.5. The number of carbonyl (C=O) groups excluding carboxylic acids is 1. The van der Waals surface area contributed by atoms with Gasteiger partial charge in [-0.3, -0.25) is 4.79 Å². The number of ether oxygens (including phenoxy) is 1. The lowest BCUT2D eigenvalue weighted by atomic mass is 9.99. The number of hydrogen-bond donors (Lipinski definition) is 1. The molecule has 1 aromatic heterocycles. The summed E-state index contributed by atoms with van der Waals surface area (Å²) in [5.74, 6) is 0.848. The van der Waals surface area contributed by atoms with E-state index in [4.69, 9.17) is 25.1 Å². The Hall–Kier alpha value is -4.20. The molecule has 234 valence electrons. The van der Waals surface area contributed by atoms with Crippen LogP contribution in [0.4, 0.5) is 11.5 Å². The maximum absolute atomic E-state index is 12.3. The van der Waals surface area contributed by atoms with Crippen LogP contribution in [0.5, 0.6) is 6.01 Å². The number of likely N-dealkylation sites (tertiary alicyclic amines) is 1. The SMILES string of the molecule is CC#N.CN1CCCC1.COc1nc2c(c(N3CCN(C(=O)/C=C/CO)CC3)n1)CCN(c1cccc3cccc(C)c13)C2. The number of nitrogens with zero attached hydrogens (tertiary/aromatic N) is 7. The third kappa shape index (κ3) is 8.04. The van der Waals surface area contributed by atoms with Crippen LogP contribution in [0.25, 0.3) is 10.8 Å². The fourth-order valence-electron chi connectivity index (χ4n) is 5.99. The van der Waals surface area contributed by atoms with Gasteiger partial charge in [0.05, 0.1) is 32.0 Å². The molecule has 2 saturated heterocycles. The van der Waals surface area contributed by atoms with E-state index in [0.717, 1.165) is 24.5 Å². The number of benzene rings is 2. The molecule has 44 heavy (non-hydrogen) atoms. The third-order valence-electron chi connectivity index (χ3n) is 8.22. The van der Waals surface area contributed by atoms with Gasteiger partial charge in [0.2, 0.25) is 5.91 Å². The molecule has 0 unspecified atom stereocenters. The van der Waals surface area contributed by atoms with Crippen molar-refractivity contribution in [1.82, 2.24) is 19.8 Å². The standard InChI is InChI=1S/C27H31N5O3.C5H11N.C2H3N/c1-19-6-3-7-20-8-4-9-23(25(19)20)32-12-11-21-22(18-32)28-27(35-2)29-26(21)31-15-13-30(14-16-31)24(34)10-5-17-33;1-6-4-2-3-5-6;1-2-3/h3-10,33H,11-18H2,1-2H3;2-5H2,1H3;1H3/b10-5+;;. The number of aromatic nitrogens is 2. The fraction of sp³-hybridized carbons (Fsp3) is 0.471. The largest absolute Gasteiger partial charge is 0.467 e. The molecule has 6 rings (SSSR count). The van der Waals surface area contributed by atoms with E-state index in [2.05, 4.69) is 65.1 Å². The first-order valence-corrected chi connectivity index (χ1v) is 15.4. The summed E-state index contributed by atoms with van der Waals surface area (Å²) in [6.45, 7) is 10.3. The molecule has 0 radical (unpaired) electrons. The monoisotopic (exact) mass is 599 g/mol. The van der Waals surface area contributed by atoms with Gasteiger partial charge >= 0.3 is 6.01 Å². The van der Waals surface area contributed by atoms with Gasteiger partial charge in [-0.2, -0.15) is 15.2 Å². The Morgan fingerprint density at radius 3 is 2.32 bits per heavy atom. The van der Waals surface area contributed by atoms with Crippen LogP contribution in [0.3, 0.4) is 0 Å². The second kappa shape index (κ2) is 16.0. The van der Waals surface area contributed by atoms with Crippen molar-refractivity contribution in [2.24, 2.45) is 0 Å². The van der Waals surface area contributed by atoms with E-state index in [-0.39, 0.29) is 12.5 Å². The summed E-state index contributed by atoms with van der Waals surface area (Å²) in [6.07, 6.45) is 6.58. The summed E-state index contributed by atoms with van der Waals surface area (Å²) < 4.78 is 5.48. The molecule has 0 spiro atoms. The summed E-state index contributed by atoms with van der Waals surface area (Å²) in [7, 11) is 3.78. The molecule has 3 aliphatic heterocycles. The maximum Gasteiger partial charge on any atom is 0.318 e. The molecule has 10 nitrogen and oxygen atoms in total. The molecule has 0 aliphatic carbocycles. The Bertz CT molecular complexity index is 1470. The minimum absolute atomic E-state index is 0.0676. The van der Waals surface area contributed by atoms with Crippen LogP contribution in [0.2, 0.25) is 0 Å². The molecule has 1 N–H and O–H groups in total. The van der Waals surface area contributed by atoms with Crippen molar-refractivity contribution in [3.63, 3.8) is 0 Å². The van der Waals surface area contributed by atoms with E-state index in [9.17, 15) is 4.79 Å². The van der Waals surface area contributed by atoms with E-state index in [1.54, 1.807) is 18.1 Å². The van der Waals surface area contributed by atoms with Gasteiger partial charge in [0.15, 0.2) is 0 Å². The van der Waals surface area contributed by atoms with Crippen LogP contribution in [0, 0.1) is 18.3 Å². The van der Waals surface area contributed by atoms with Crippen LogP contribution in [-0.4, -0.2) is 97.4 Å². The highest BCUT2D eigenvalue weighted by molar-refractivity contribution is 5.97. The Morgan fingerprint density at radius 1 is 1.02 bits per heavy atom. The molecular weight excluding hydrogens is 554 g/mol. The lowest BCUT2D eigenvalue weighted by Crippen LogP contribution is -2.49. The number of amides is 1. The van der Waals surface area contributed by atoms with E-state index in [1.807, 2.05) is 0 Å². The fourth-order valence-corrected chi connectivity index (χ4v) is 5.99. The highest BCUT2D eigenvalue weighted by Gasteiger charge is 2.29. The van der Waals surface area contributed by atoms with E-state index >= 15 is 0 Å². The number of fused-ring (bicyclic) bond motifs is 2. The first-order chi connectivity index (χ1) is 21.4. The van der Waals surface area contributed by atoms with E-state index in [1.165, 1.54) is 72.6 Å². The van der Waals surface area contributed by atoms with Crippen molar-refractivity contribution in [2.75, 3.05) is 76.4 Å². The topological polar surface area (TPSA) is 109 Å². The number of aliphatic hydroxyl groups is 1. The predicted octanol–water partition coefficient (Wildman–Crippen LogP) is 3.95. The molecule has 2 fully saturated rings. The number of anilines is 2. The van der Waals surface area contributed by atoms with Gasteiger partial charge in [-0.25, -0.2) is 0 Å². The molecule has 10 heteroatoms. The number of piperazine rings is 1. The van der Waals surface area contributed by atoms with Crippen LogP contribution >= 0.6 is 0 Å². The van der Waals surface area contributed by atoms with Crippen molar-refractivity contribution >= 4 is 28.2 Å². The second-order valence-corrected chi connectivity index (χ2v) is 11.2. The Morgan fingerprint density at radius 2 is 1.70 bits per heavy atom. The van der Waals surface area contributed by atoms with Gasteiger partial charge in [0.1, 0.15) is 5.82 Å². The maximum atomic E-state index is 12.3. The number of methoxy groups -OCH3 is 1. The van der Waals surface area contributed by atoms with Crippen LogP contribution in [0.15, 0.2) is 48.6 Å². The van der Waals surface area contributed by atoms with Crippen molar-refractivity contribution in [2.45, 2.75) is 39.7 Å². The van der Waals surface area contributed by atoms with Crippen molar-refractivity contribution < 1.29 is 14.6 Å². The van der Waals surface area contributed by atoms with Crippen LogP contribution in [0.1, 0.15) is 36.6 Å². The van der Waals surface area contributed by atoms with Crippen molar-refractivity contribution in [1.29, 1.82) is 5.26 Å². The summed E-state index contributed by atoms with van der Waals surface area (Å²) in [6, 6.07) is 15.0.